The quantitative estimate of drug-likeness (QED) is 0.403. The third-order valence-electron chi connectivity index (χ3n) is 11.1. The molecule has 4 rings (SSSR count). The highest BCUT2D eigenvalue weighted by Gasteiger charge is 2.44. The SMILES string of the molecule is CC1CCC(C)C(C)(C)C1.CO.COC1C(CN2C[C@H](C(C)O)CO2)CCCC1C1CC(C(N)=O)CC(N(C)C)C1. The maximum atomic E-state index is 12.0. The van der Waals surface area contributed by atoms with Crippen molar-refractivity contribution in [2.75, 3.05) is 48.0 Å². The lowest BCUT2D eigenvalue weighted by atomic mass is 9.65. The maximum Gasteiger partial charge on any atom is 0.220 e. The summed E-state index contributed by atoms with van der Waals surface area (Å²) in [6.45, 7) is 13.7. The van der Waals surface area contributed by atoms with Gasteiger partial charge in [-0.05, 0) is 95.1 Å². The van der Waals surface area contributed by atoms with Crippen LogP contribution in [0, 0.1) is 46.8 Å². The zero-order valence-electron chi connectivity index (χ0n) is 27.8. The third kappa shape index (κ3) is 10.4. The van der Waals surface area contributed by atoms with Gasteiger partial charge in [-0.1, -0.05) is 40.5 Å². The number of methoxy groups -OCH3 is 1. The summed E-state index contributed by atoms with van der Waals surface area (Å²) in [6.07, 6.45) is 10.5. The average molecular weight is 584 g/mol. The lowest BCUT2D eigenvalue weighted by Gasteiger charge is -2.46. The highest BCUT2D eigenvalue weighted by molar-refractivity contribution is 5.76. The van der Waals surface area contributed by atoms with E-state index < -0.39 is 0 Å². The summed E-state index contributed by atoms with van der Waals surface area (Å²) in [7, 11) is 7.04. The van der Waals surface area contributed by atoms with Crippen LogP contribution in [0.3, 0.4) is 0 Å². The van der Waals surface area contributed by atoms with Crippen LogP contribution in [0.1, 0.15) is 92.4 Å². The molecule has 0 aromatic carbocycles. The fourth-order valence-electron chi connectivity index (χ4n) is 8.07. The van der Waals surface area contributed by atoms with Gasteiger partial charge in [0.25, 0.3) is 0 Å². The summed E-state index contributed by atoms with van der Waals surface area (Å²) in [6, 6.07) is 0.401. The van der Waals surface area contributed by atoms with Crippen LogP contribution in [0.25, 0.3) is 0 Å². The molecule has 0 spiro atoms. The third-order valence-corrected chi connectivity index (χ3v) is 11.1. The van der Waals surface area contributed by atoms with E-state index in [0.717, 1.165) is 64.1 Å². The Morgan fingerprint density at radius 2 is 1.80 bits per heavy atom. The van der Waals surface area contributed by atoms with Crippen LogP contribution in [0.4, 0.5) is 0 Å². The van der Waals surface area contributed by atoms with Crippen molar-refractivity contribution in [3.63, 3.8) is 0 Å². The van der Waals surface area contributed by atoms with E-state index in [4.69, 9.17) is 20.4 Å². The molecule has 4 fully saturated rings. The van der Waals surface area contributed by atoms with Crippen molar-refractivity contribution in [3.8, 4) is 0 Å². The Balaban J connectivity index is 0.000000410. The van der Waals surface area contributed by atoms with Gasteiger partial charge in [0.2, 0.25) is 5.91 Å². The zero-order chi connectivity index (χ0) is 30.9. The molecule has 8 heteroatoms. The summed E-state index contributed by atoms with van der Waals surface area (Å²) >= 11 is 0. The summed E-state index contributed by atoms with van der Waals surface area (Å²) in [5, 5.41) is 18.9. The molecule has 8 nitrogen and oxygen atoms in total. The molecule has 4 aliphatic rings. The van der Waals surface area contributed by atoms with Gasteiger partial charge in [-0.25, -0.2) is 0 Å². The van der Waals surface area contributed by atoms with E-state index in [1.165, 1.54) is 25.7 Å². The second kappa shape index (κ2) is 16.9. The van der Waals surface area contributed by atoms with E-state index in [1.807, 2.05) is 19.1 Å². The highest BCUT2D eigenvalue weighted by atomic mass is 16.7. The molecule has 3 aliphatic carbocycles. The number of carbonyl (C=O) groups is 1. The molecule has 1 aliphatic heterocycles. The molecule has 1 saturated heterocycles. The Kier molecular flexibility index (Phi) is 15.0. The van der Waals surface area contributed by atoms with Crippen molar-refractivity contribution in [2.45, 2.75) is 111 Å². The maximum absolute atomic E-state index is 12.0. The average Bonchev–Trinajstić information content (AvgIpc) is 3.40. The molecule has 1 amide bonds. The number of aliphatic hydroxyl groups excluding tert-OH is 2. The number of amides is 1. The first-order chi connectivity index (χ1) is 19.3. The van der Waals surface area contributed by atoms with Gasteiger partial charge in [0.15, 0.2) is 0 Å². The normalized spacial score (nSPS) is 38.3. The minimum atomic E-state index is -0.340. The molecule has 10 atom stereocenters. The first-order valence-electron chi connectivity index (χ1n) is 16.3. The fourth-order valence-corrected chi connectivity index (χ4v) is 8.07. The van der Waals surface area contributed by atoms with Gasteiger partial charge >= 0.3 is 0 Å². The van der Waals surface area contributed by atoms with Gasteiger partial charge < -0.3 is 25.6 Å². The molecule has 3 saturated carbocycles. The molecule has 0 aromatic rings. The molecule has 4 N–H and O–H groups in total. The first kappa shape index (κ1) is 36.4. The van der Waals surface area contributed by atoms with Gasteiger partial charge in [-0.3, -0.25) is 9.63 Å². The molecular formula is C33H65N3O5. The van der Waals surface area contributed by atoms with Gasteiger partial charge in [-0.15, -0.1) is 0 Å². The predicted octanol–water partition coefficient (Wildman–Crippen LogP) is 4.57. The minimum Gasteiger partial charge on any atom is -0.400 e. The van der Waals surface area contributed by atoms with Gasteiger partial charge in [0.1, 0.15) is 0 Å². The van der Waals surface area contributed by atoms with Crippen molar-refractivity contribution in [1.29, 1.82) is 0 Å². The second-order valence-corrected chi connectivity index (χ2v) is 14.7. The van der Waals surface area contributed by atoms with Crippen LogP contribution in [-0.4, -0.2) is 92.3 Å². The molecule has 1 heterocycles. The van der Waals surface area contributed by atoms with Crippen molar-refractivity contribution in [1.82, 2.24) is 9.96 Å². The first-order valence-corrected chi connectivity index (χ1v) is 16.3. The Hall–Kier alpha value is -0.770. The number of ether oxygens (including phenoxy) is 1. The summed E-state index contributed by atoms with van der Waals surface area (Å²) in [5.41, 5.74) is 6.34. The standard InChI is InChI=1S/C22H41N3O4.C10H20.CH4O/c1-14(26)18-12-25(29-13-18)11-15-6-5-7-20(21(15)28-4)16-8-17(22(23)27)10-19(9-16)24(2)3;1-8-5-6-9(2)10(3,4)7-8;1-2/h14-21,26H,5-13H2,1-4H3,(H2,23,27);8-9H,5-7H2,1-4H3;2H,1H3/t14?,15?,16?,17?,18-,19?,20?,21?;;/m0../s1. The van der Waals surface area contributed by atoms with Gasteiger partial charge in [0, 0.05) is 51.1 Å². The number of hydroxylamine groups is 2. The topological polar surface area (TPSA) is 108 Å². The number of rotatable bonds is 7. The summed E-state index contributed by atoms with van der Waals surface area (Å²) < 4.78 is 6.08. The van der Waals surface area contributed by atoms with Crippen LogP contribution in [0.15, 0.2) is 0 Å². The van der Waals surface area contributed by atoms with E-state index in [-0.39, 0.29) is 30.0 Å². The van der Waals surface area contributed by atoms with E-state index in [0.29, 0.717) is 35.8 Å². The van der Waals surface area contributed by atoms with Gasteiger partial charge in [-0.2, -0.15) is 5.06 Å². The molecule has 0 radical (unpaired) electrons. The molecule has 41 heavy (non-hydrogen) atoms. The Morgan fingerprint density at radius 3 is 2.32 bits per heavy atom. The van der Waals surface area contributed by atoms with E-state index in [9.17, 15) is 9.90 Å². The largest absolute Gasteiger partial charge is 0.400 e. The van der Waals surface area contributed by atoms with E-state index >= 15 is 0 Å². The van der Waals surface area contributed by atoms with E-state index in [1.54, 1.807) is 0 Å². The smallest absolute Gasteiger partial charge is 0.220 e. The fraction of sp³-hybridized carbons (Fsp3) is 0.970. The number of hydrogen-bond acceptors (Lipinski definition) is 7. The summed E-state index contributed by atoms with van der Waals surface area (Å²) in [5.74, 6) is 3.23. The minimum absolute atomic E-state index is 0.0345. The number of primary amides is 1. The molecule has 242 valence electrons. The van der Waals surface area contributed by atoms with Crippen molar-refractivity contribution in [2.24, 2.45) is 52.6 Å². The van der Waals surface area contributed by atoms with Crippen molar-refractivity contribution in [3.05, 3.63) is 0 Å². The number of aliphatic hydroxyl groups is 2. The lowest BCUT2D eigenvalue weighted by molar-refractivity contribution is -0.145. The van der Waals surface area contributed by atoms with Crippen molar-refractivity contribution >= 4 is 5.91 Å². The van der Waals surface area contributed by atoms with E-state index in [2.05, 4.69) is 46.7 Å². The zero-order valence-corrected chi connectivity index (χ0v) is 27.8. The lowest BCUT2D eigenvalue weighted by Crippen LogP contribution is -2.48. The number of nitrogens with zero attached hydrogens (tertiary/aromatic N) is 2. The number of hydrogen-bond donors (Lipinski definition) is 3. The highest BCUT2D eigenvalue weighted by Crippen LogP contribution is 2.45. The van der Waals surface area contributed by atoms with Crippen LogP contribution >= 0.6 is 0 Å². The number of carbonyl (C=O) groups excluding carboxylic acids is 1. The molecule has 0 bridgehead atoms. The Labute approximate surface area is 251 Å². The van der Waals surface area contributed by atoms with Crippen LogP contribution in [-0.2, 0) is 14.4 Å². The van der Waals surface area contributed by atoms with Gasteiger partial charge in [0.05, 0.1) is 18.8 Å². The second-order valence-electron chi connectivity index (χ2n) is 14.7. The molecule has 0 aromatic heterocycles. The molecular weight excluding hydrogens is 518 g/mol. The Bertz CT molecular complexity index is 763. The van der Waals surface area contributed by atoms with Crippen molar-refractivity contribution < 1.29 is 24.6 Å². The Morgan fingerprint density at radius 1 is 1.12 bits per heavy atom. The molecule has 9 unspecified atom stereocenters. The van der Waals surface area contributed by atoms with Crippen LogP contribution in [0.5, 0.6) is 0 Å². The monoisotopic (exact) mass is 583 g/mol. The predicted molar refractivity (Wildman–Crippen MR) is 166 cm³/mol. The number of nitrogens with two attached hydrogens (primary N) is 1. The van der Waals surface area contributed by atoms with Crippen LogP contribution in [0.2, 0.25) is 0 Å². The summed E-state index contributed by atoms with van der Waals surface area (Å²) in [4.78, 5) is 20.1. The van der Waals surface area contributed by atoms with Crippen LogP contribution < -0.4 is 5.73 Å².